The second-order valence-electron chi connectivity index (χ2n) is 5.75. The van der Waals surface area contributed by atoms with Crippen LogP contribution in [0.3, 0.4) is 0 Å². The average molecular weight is 280 g/mol. The molecule has 6 heteroatoms. The molecular formula is C13H23F3N2O. The van der Waals surface area contributed by atoms with Crippen LogP contribution in [-0.2, 0) is 4.79 Å². The number of alkyl halides is 3. The van der Waals surface area contributed by atoms with Crippen molar-refractivity contribution in [1.29, 1.82) is 0 Å². The Hall–Kier alpha value is -0.780. The van der Waals surface area contributed by atoms with Crippen molar-refractivity contribution >= 4 is 5.91 Å². The summed E-state index contributed by atoms with van der Waals surface area (Å²) in [4.78, 5) is 11.6. The molecule has 1 saturated carbocycles. The van der Waals surface area contributed by atoms with E-state index in [1.165, 1.54) is 0 Å². The number of nitrogens with one attached hydrogen (secondary N) is 1. The number of amides is 1. The third-order valence-electron chi connectivity index (χ3n) is 3.89. The fourth-order valence-electron chi connectivity index (χ4n) is 2.28. The summed E-state index contributed by atoms with van der Waals surface area (Å²) in [7, 11) is 0. The first-order chi connectivity index (χ1) is 8.72. The van der Waals surface area contributed by atoms with Crippen LogP contribution in [0.25, 0.3) is 0 Å². The summed E-state index contributed by atoms with van der Waals surface area (Å²) in [5.41, 5.74) is 3.55. The molecule has 1 rings (SSSR count). The number of nitrogens with two attached hydrogens (primary N) is 1. The molecule has 0 aromatic carbocycles. The third-order valence-corrected chi connectivity index (χ3v) is 3.89. The zero-order chi connectivity index (χ0) is 14.7. The Morgan fingerprint density at radius 1 is 1.32 bits per heavy atom. The van der Waals surface area contributed by atoms with Crippen molar-refractivity contribution in [1.82, 2.24) is 5.32 Å². The summed E-state index contributed by atoms with van der Waals surface area (Å²) in [6, 6.07) is 0. The minimum absolute atomic E-state index is 0.00134. The first kappa shape index (κ1) is 16.3. The van der Waals surface area contributed by atoms with Gasteiger partial charge in [-0.05, 0) is 44.1 Å². The van der Waals surface area contributed by atoms with Gasteiger partial charge in [0.2, 0.25) is 5.91 Å². The molecule has 0 radical (unpaired) electrons. The van der Waals surface area contributed by atoms with Gasteiger partial charge < -0.3 is 11.1 Å². The van der Waals surface area contributed by atoms with Crippen LogP contribution < -0.4 is 11.1 Å². The van der Waals surface area contributed by atoms with E-state index in [1.807, 2.05) is 13.8 Å². The van der Waals surface area contributed by atoms with Crippen molar-refractivity contribution in [2.45, 2.75) is 57.7 Å². The van der Waals surface area contributed by atoms with E-state index in [0.717, 1.165) is 6.42 Å². The summed E-state index contributed by atoms with van der Waals surface area (Å²) in [5.74, 6) is 0.170. The maximum atomic E-state index is 12.7. The quantitative estimate of drug-likeness (QED) is 0.753. The first-order valence-corrected chi connectivity index (χ1v) is 6.79. The fraction of sp³-hybridized carbons (Fsp3) is 0.923. The molecule has 19 heavy (non-hydrogen) atoms. The van der Waals surface area contributed by atoms with E-state index in [-0.39, 0.29) is 25.2 Å². The normalized spacial score (nSPS) is 19.3. The Kier molecular flexibility index (Phi) is 5.24. The van der Waals surface area contributed by atoms with E-state index in [0.29, 0.717) is 18.9 Å². The smallest absolute Gasteiger partial charge is 0.342 e. The zero-order valence-corrected chi connectivity index (χ0v) is 11.5. The molecule has 3 nitrogen and oxygen atoms in total. The second kappa shape index (κ2) is 6.11. The van der Waals surface area contributed by atoms with Gasteiger partial charge in [-0.1, -0.05) is 13.8 Å². The summed E-state index contributed by atoms with van der Waals surface area (Å²) in [6.45, 7) is 4.61. The van der Waals surface area contributed by atoms with Gasteiger partial charge in [0.15, 0.2) is 0 Å². The molecule has 0 aromatic rings. The first-order valence-electron chi connectivity index (χ1n) is 6.79. The lowest BCUT2D eigenvalue weighted by molar-refractivity contribution is -0.170. The molecular weight excluding hydrogens is 257 g/mol. The molecule has 1 aliphatic carbocycles. The third kappa shape index (κ3) is 4.37. The molecule has 0 aliphatic heterocycles. The summed E-state index contributed by atoms with van der Waals surface area (Å²) in [5, 5.41) is 2.15. The molecule has 0 bridgehead atoms. The van der Waals surface area contributed by atoms with Gasteiger partial charge in [0.25, 0.3) is 0 Å². The molecule has 0 saturated heterocycles. The van der Waals surface area contributed by atoms with Crippen molar-refractivity contribution in [2.24, 2.45) is 17.6 Å². The van der Waals surface area contributed by atoms with Gasteiger partial charge in [0.05, 0.1) is 0 Å². The Bertz CT molecular complexity index is 312. The van der Waals surface area contributed by atoms with Crippen molar-refractivity contribution in [3.8, 4) is 0 Å². The number of hydrogen-bond donors (Lipinski definition) is 2. The number of rotatable bonds is 7. The van der Waals surface area contributed by atoms with Crippen LogP contribution in [0.4, 0.5) is 13.2 Å². The predicted molar refractivity (Wildman–Crippen MR) is 67.4 cm³/mol. The maximum absolute atomic E-state index is 12.7. The minimum atomic E-state index is -4.34. The van der Waals surface area contributed by atoms with E-state index in [1.54, 1.807) is 0 Å². The van der Waals surface area contributed by atoms with E-state index in [4.69, 9.17) is 5.73 Å². The second-order valence-corrected chi connectivity index (χ2v) is 5.75. The highest BCUT2D eigenvalue weighted by molar-refractivity contribution is 5.77. The lowest BCUT2D eigenvalue weighted by Crippen LogP contribution is -2.47. The number of hydrogen-bond acceptors (Lipinski definition) is 2. The van der Waals surface area contributed by atoms with Crippen LogP contribution in [-0.4, -0.2) is 24.2 Å². The summed E-state index contributed by atoms with van der Waals surface area (Å²) in [6.07, 6.45) is -2.81. The molecule has 1 atom stereocenters. The SMILES string of the molecule is CC(C)C(CCN)CCC(=O)NC1(C(F)(F)F)CC1. The van der Waals surface area contributed by atoms with Crippen LogP contribution in [0.15, 0.2) is 0 Å². The van der Waals surface area contributed by atoms with Crippen molar-refractivity contribution in [2.75, 3.05) is 6.54 Å². The van der Waals surface area contributed by atoms with Gasteiger partial charge >= 0.3 is 6.18 Å². The van der Waals surface area contributed by atoms with Crippen LogP contribution in [0, 0.1) is 11.8 Å². The number of carbonyl (C=O) groups excluding carboxylic acids is 1. The fourth-order valence-corrected chi connectivity index (χ4v) is 2.28. The molecule has 0 aromatic heterocycles. The molecule has 0 heterocycles. The Morgan fingerprint density at radius 2 is 1.89 bits per heavy atom. The lowest BCUT2D eigenvalue weighted by atomic mass is 9.88. The van der Waals surface area contributed by atoms with Gasteiger partial charge in [-0.25, -0.2) is 0 Å². The molecule has 1 amide bonds. The minimum Gasteiger partial charge on any atom is -0.342 e. The van der Waals surface area contributed by atoms with Crippen molar-refractivity contribution in [3.63, 3.8) is 0 Å². The standard InChI is InChI=1S/C13H23F3N2O/c1-9(2)10(5-8-17)3-4-11(19)18-12(6-7-12)13(14,15)16/h9-10H,3-8,17H2,1-2H3,(H,18,19). The highest BCUT2D eigenvalue weighted by atomic mass is 19.4. The van der Waals surface area contributed by atoms with Gasteiger partial charge in [-0.15, -0.1) is 0 Å². The van der Waals surface area contributed by atoms with E-state index in [9.17, 15) is 18.0 Å². The van der Waals surface area contributed by atoms with Gasteiger partial charge in [-0.3, -0.25) is 4.79 Å². The van der Waals surface area contributed by atoms with Crippen molar-refractivity contribution in [3.05, 3.63) is 0 Å². The largest absolute Gasteiger partial charge is 0.411 e. The maximum Gasteiger partial charge on any atom is 0.411 e. The van der Waals surface area contributed by atoms with E-state index in [2.05, 4.69) is 5.32 Å². The number of halogens is 3. The molecule has 1 fully saturated rings. The molecule has 0 spiro atoms. The molecule has 1 aliphatic rings. The van der Waals surface area contributed by atoms with Gasteiger partial charge in [0.1, 0.15) is 5.54 Å². The van der Waals surface area contributed by atoms with E-state index < -0.39 is 17.6 Å². The van der Waals surface area contributed by atoms with Crippen LogP contribution in [0.1, 0.15) is 46.0 Å². The van der Waals surface area contributed by atoms with Gasteiger partial charge in [0, 0.05) is 6.42 Å². The Balaban J connectivity index is 2.40. The topological polar surface area (TPSA) is 55.1 Å². The van der Waals surface area contributed by atoms with E-state index >= 15 is 0 Å². The molecule has 3 N–H and O–H groups in total. The Labute approximate surface area is 112 Å². The highest BCUT2D eigenvalue weighted by Crippen LogP contribution is 2.48. The Morgan fingerprint density at radius 3 is 2.26 bits per heavy atom. The number of carbonyl (C=O) groups is 1. The molecule has 1 unspecified atom stereocenters. The average Bonchev–Trinajstić information content (AvgIpc) is 3.03. The van der Waals surface area contributed by atoms with Gasteiger partial charge in [-0.2, -0.15) is 13.2 Å². The van der Waals surface area contributed by atoms with Crippen LogP contribution in [0.2, 0.25) is 0 Å². The summed E-state index contributed by atoms with van der Waals surface area (Å²) >= 11 is 0. The summed E-state index contributed by atoms with van der Waals surface area (Å²) < 4.78 is 38.0. The monoisotopic (exact) mass is 280 g/mol. The highest BCUT2D eigenvalue weighted by Gasteiger charge is 2.64. The zero-order valence-electron chi connectivity index (χ0n) is 11.5. The van der Waals surface area contributed by atoms with Crippen LogP contribution in [0.5, 0.6) is 0 Å². The van der Waals surface area contributed by atoms with Crippen molar-refractivity contribution < 1.29 is 18.0 Å². The predicted octanol–water partition coefficient (Wildman–Crippen LogP) is 2.60. The molecule has 112 valence electrons. The lowest BCUT2D eigenvalue weighted by Gasteiger charge is -2.23. The van der Waals surface area contributed by atoms with Crippen LogP contribution >= 0.6 is 0 Å².